The highest BCUT2D eigenvalue weighted by Crippen LogP contribution is 2.17. The van der Waals surface area contributed by atoms with Crippen molar-refractivity contribution >= 4 is 57.5 Å². The molecule has 11 nitrogen and oxygen atoms in total. The van der Waals surface area contributed by atoms with Crippen LogP contribution in [0.15, 0.2) is 10.5 Å². The molecule has 0 aromatic carbocycles. The van der Waals surface area contributed by atoms with Crippen molar-refractivity contribution in [2.24, 2.45) is 5.16 Å². The minimum absolute atomic E-state index is 0.0702. The highest BCUT2D eigenvalue weighted by atomic mass is 35.5. The van der Waals surface area contributed by atoms with E-state index in [1.807, 2.05) is 0 Å². The van der Waals surface area contributed by atoms with E-state index in [0.717, 1.165) is 11.3 Å². The van der Waals surface area contributed by atoms with E-state index in [-0.39, 0.29) is 22.4 Å². The van der Waals surface area contributed by atoms with Crippen molar-refractivity contribution in [1.82, 2.24) is 15.6 Å². The number of carbonyl (C=O) groups is 4. The molecule has 2 atom stereocenters. The molecule has 1 saturated heterocycles. The van der Waals surface area contributed by atoms with Crippen LogP contribution >= 0.6 is 22.9 Å². The van der Waals surface area contributed by atoms with Crippen molar-refractivity contribution in [3.8, 4) is 0 Å². The molecule has 2 unspecified atom stereocenters. The van der Waals surface area contributed by atoms with Crippen molar-refractivity contribution in [1.29, 1.82) is 0 Å². The number of carbonyl (C=O) groups excluding carboxylic acids is 3. The lowest BCUT2D eigenvalue weighted by molar-refractivity contribution is -0.151. The van der Waals surface area contributed by atoms with E-state index in [1.165, 1.54) is 12.5 Å². The maximum Gasteiger partial charge on any atom is 0.328 e. The van der Waals surface area contributed by atoms with Crippen molar-refractivity contribution in [2.75, 3.05) is 18.3 Å². The number of amides is 3. The van der Waals surface area contributed by atoms with E-state index in [1.54, 1.807) is 0 Å². The standard InChI is InChI=1S/C12H12ClN5O6S/c1-24-18-6(4-3-25-12(14-4)15-5(19)2-13)9(20)16-7-8(11(22)23)17-10(7)21/h3,7-8H,2H2,1H3,(H,16,20)(H,17,21)(H,22,23)(H,14,15,19). The van der Waals surface area contributed by atoms with Crippen LogP contribution in [0.2, 0.25) is 0 Å². The van der Waals surface area contributed by atoms with E-state index in [4.69, 9.17) is 16.7 Å². The molecule has 25 heavy (non-hydrogen) atoms. The molecule has 2 heterocycles. The molecule has 1 aliphatic heterocycles. The summed E-state index contributed by atoms with van der Waals surface area (Å²) in [6, 6.07) is -2.46. The zero-order chi connectivity index (χ0) is 18.6. The molecule has 0 bridgehead atoms. The third kappa shape index (κ3) is 4.22. The summed E-state index contributed by atoms with van der Waals surface area (Å²) >= 11 is 6.39. The molecule has 3 amide bonds. The molecule has 1 aromatic heterocycles. The number of thiazole rings is 1. The van der Waals surface area contributed by atoms with Gasteiger partial charge < -0.3 is 25.9 Å². The van der Waals surface area contributed by atoms with Crippen LogP contribution in [0.5, 0.6) is 0 Å². The summed E-state index contributed by atoms with van der Waals surface area (Å²) in [6.45, 7) is 0. The van der Waals surface area contributed by atoms with Crippen LogP contribution in [0.3, 0.4) is 0 Å². The van der Waals surface area contributed by atoms with E-state index in [0.29, 0.717) is 0 Å². The largest absolute Gasteiger partial charge is 0.480 e. The van der Waals surface area contributed by atoms with Crippen molar-refractivity contribution in [3.05, 3.63) is 11.1 Å². The van der Waals surface area contributed by atoms with Crippen LogP contribution in [-0.2, 0) is 24.0 Å². The van der Waals surface area contributed by atoms with Gasteiger partial charge in [0.1, 0.15) is 24.7 Å². The fourth-order valence-corrected chi connectivity index (χ4v) is 2.61. The Balaban J connectivity index is 2.14. The smallest absolute Gasteiger partial charge is 0.328 e. The van der Waals surface area contributed by atoms with Gasteiger partial charge in [-0.25, -0.2) is 9.78 Å². The second-order valence-corrected chi connectivity index (χ2v) is 5.74. The van der Waals surface area contributed by atoms with Gasteiger partial charge in [0.15, 0.2) is 16.9 Å². The normalized spacial score (nSPS) is 19.4. The molecule has 0 radical (unpaired) electrons. The number of anilines is 1. The monoisotopic (exact) mass is 389 g/mol. The van der Waals surface area contributed by atoms with Gasteiger partial charge in [-0.2, -0.15) is 0 Å². The van der Waals surface area contributed by atoms with E-state index >= 15 is 0 Å². The summed E-state index contributed by atoms with van der Waals surface area (Å²) in [7, 11) is 1.20. The van der Waals surface area contributed by atoms with Gasteiger partial charge in [-0.05, 0) is 0 Å². The summed E-state index contributed by atoms with van der Waals surface area (Å²) in [5, 5.41) is 20.9. The minimum atomic E-state index is -1.28. The maximum absolute atomic E-state index is 12.3. The molecular formula is C12H12ClN5O6S. The molecule has 134 valence electrons. The van der Waals surface area contributed by atoms with Gasteiger partial charge in [0.25, 0.3) is 5.91 Å². The van der Waals surface area contributed by atoms with Crippen molar-refractivity contribution in [3.63, 3.8) is 0 Å². The molecule has 1 aliphatic rings. The Morgan fingerprint density at radius 3 is 2.80 bits per heavy atom. The SMILES string of the molecule is CON=C(C(=O)NC1C(=O)NC1C(=O)O)c1csc(NC(=O)CCl)n1. The number of β-lactam (4-membered cyclic amide) rings is 1. The average Bonchev–Trinajstić information content (AvgIpc) is 3.02. The molecule has 0 spiro atoms. The number of halogens is 1. The van der Waals surface area contributed by atoms with Gasteiger partial charge in [0, 0.05) is 5.38 Å². The Labute approximate surface area is 149 Å². The van der Waals surface area contributed by atoms with Crippen LogP contribution in [0.1, 0.15) is 5.69 Å². The van der Waals surface area contributed by atoms with E-state index < -0.39 is 35.8 Å². The molecule has 0 aliphatic carbocycles. The number of nitrogens with one attached hydrogen (secondary N) is 3. The van der Waals surface area contributed by atoms with Crippen LogP contribution in [0, 0.1) is 0 Å². The van der Waals surface area contributed by atoms with Gasteiger partial charge in [0.05, 0.1) is 0 Å². The molecule has 0 saturated carbocycles. The molecule has 1 fully saturated rings. The summed E-state index contributed by atoms with van der Waals surface area (Å²) in [5.74, 6) is -3.51. The van der Waals surface area contributed by atoms with Crippen LogP contribution < -0.4 is 16.0 Å². The summed E-state index contributed by atoms with van der Waals surface area (Å²) in [4.78, 5) is 54.5. The summed E-state index contributed by atoms with van der Waals surface area (Å²) in [5.41, 5.74) is -0.213. The fourth-order valence-electron chi connectivity index (χ4n) is 1.83. The average molecular weight is 390 g/mol. The Morgan fingerprint density at radius 1 is 1.52 bits per heavy atom. The lowest BCUT2D eigenvalue weighted by atomic mass is 9.99. The Bertz CT molecular complexity index is 750. The summed E-state index contributed by atoms with van der Waals surface area (Å²) < 4.78 is 0. The van der Waals surface area contributed by atoms with Crippen molar-refractivity contribution < 1.29 is 29.1 Å². The number of carboxylic acid groups (broad SMARTS) is 1. The number of aromatic nitrogens is 1. The minimum Gasteiger partial charge on any atom is -0.480 e. The number of carboxylic acids is 1. The van der Waals surface area contributed by atoms with Gasteiger partial charge in [-0.1, -0.05) is 5.16 Å². The number of hydrogen-bond donors (Lipinski definition) is 4. The topological polar surface area (TPSA) is 159 Å². The van der Waals surface area contributed by atoms with Gasteiger partial charge >= 0.3 is 5.97 Å². The first kappa shape index (κ1) is 18.6. The Morgan fingerprint density at radius 2 is 2.24 bits per heavy atom. The number of nitrogens with zero attached hydrogens (tertiary/aromatic N) is 2. The molecule has 1 aromatic rings. The first-order valence-electron chi connectivity index (χ1n) is 6.64. The third-order valence-corrected chi connectivity index (χ3v) is 3.98. The zero-order valence-corrected chi connectivity index (χ0v) is 14.2. The number of alkyl halides is 1. The quantitative estimate of drug-likeness (QED) is 0.196. The second-order valence-electron chi connectivity index (χ2n) is 4.62. The van der Waals surface area contributed by atoms with Crippen LogP contribution in [-0.4, -0.2) is 64.6 Å². The molecule has 13 heteroatoms. The predicted octanol–water partition coefficient (Wildman–Crippen LogP) is -1.26. The van der Waals surface area contributed by atoms with Gasteiger partial charge in [0.2, 0.25) is 11.8 Å². The predicted molar refractivity (Wildman–Crippen MR) is 86.5 cm³/mol. The highest BCUT2D eigenvalue weighted by Gasteiger charge is 2.45. The van der Waals surface area contributed by atoms with Crippen LogP contribution in [0.4, 0.5) is 5.13 Å². The number of oxime groups is 1. The lowest BCUT2D eigenvalue weighted by Crippen LogP contribution is -2.72. The number of aliphatic carboxylic acids is 1. The second kappa shape index (κ2) is 7.90. The Hall–Kier alpha value is -2.73. The van der Waals surface area contributed by atoms with E-state index in [2.05, 4.69) is 30.9 Å². The first-order valence-corrected chi connectivity index (χ1v) is 8.05. The summed E-state index contributed by atoms with van der Waals surface area (Å²) in [6.07, 6.45) is 0. The van der Waals surface area contributed by atoms with Crippen LogP contribution in [0.25, 0.3) is 0 Å². The molecule has 4 N–H and O–H groups in total. The first-order chi connectivity index (χ1) is 11.9. The van der Waals surface area contributed by atoms with Crippen molar-refractivity contribution in [2.45, 2.75) is 12.1 Å². The number of rotatable bonds is 7. The van der Waals surface area contributed by atoms with E-state index in [9.17, 15) is 19.2 Å². The molecular weight excluding hydrogens is 378 g/mol. The lowest BCUT2D eigenvalue weighted by Gasteiger charge is -2.33. The van der Waals surface area contributed by atoms with Gasteiger partial charge in [-0.3, -0.25) is 14.4 Å². The molecule has 2 rings (SSSR count). The number of hydrogen-bond acceptors (Lipinski definition) is 8. The fraction of sp³-hybridized carbons (Fsp3) is 0.333. The highest BCUT2D eigenvalue weighted by molar-refractivity contribution is 7.14. The third-order valence-electron chi connectivity index (χ3n) is 2.98. The Kier molecular flexibility index (Phi) is 5.88. The maximum atomic E-state index is 12.3. The zero-order valence-electron chi connectivity index (χ0n) is 12.6. The van der Waals surface area contributed by atoms with Gasteiger partial charge in [-0.15, -0.1) is 22.9 Å².